The van der Waals surface area contributed by atoms with Crippen molar-refractivity contribution >= 4 is 23.0 Å². The summed E-state index contributed by atoms with van der Waals surface area (Å²) in [5.74, 6) is 0. The molecule has 0 spiro atoms. The summed E-state index contributed by atoms with van der Waals surface area (Å²) >= 11 is 5.50. The van der Waals surface area contributed by atoms with Gasteiger partial charge in [-0.25, -0.2) is 0 Å². The Morgan fingerprint density at radius 3 is 2.35 bits per heavy atom. The first kappa shape index (κ1) is 17.4. The molecule has 0 aliphatic rings. The van der Waals surface area contributed by atoms with Crippen LogP contribution < -0.4 is 10.6 Å². The van der Waals surface area contributed by atoms with Crippen molar-refractivity contribution in [2.24, 2.45) is 0 Å². The van der Waals surface area contributed by atoms with Crippen LogP contribution in [-0.2, 0) is 0 Å². The summed E-state index contributed by atoms with van der Waals surface area (Å²) < 4.78 is 0. The molecule has 0 aliphatic carbocycles. The summed E-state index contributed by atoms with van der Waals surface area (Å²) in [6.45, 7) is 5.09. The Kier molecular flexibility index (Phi) is 6.13. The molecule has 0 saturated carbocycles. The van der Waals surface area contributed by atoms with Crippen molar-refractivity contribution in [1.29, 1.82) is 0 Å². The van der Waals surface area contributed by atoms with Crippen molar-refractivity contribution in [3.63, 3.8) is 0 Å². The minimum Gasteiger partial charge on any atom is -0.354 e. The standard InChI is InChI=1S/C19H25N3S/c1-14-10-11-17(12-15(14)2)20-19(23)21-18(13-22(3)4)16-8-6-5-7-9-16/h5-12,18H,13H2,1-4H3,(H2,20,21,23)/t18-/m0/s1. The summed E-state index contributed by atoms with van der Waals surface area (Å²) in [6.07, 6.45) is 0. The Balaban J connectivity index is 2.06. The van der Waals surface area contributed by atoms with Crippen LogP contribution in [-0.4, -0.2) is 30.7 Å². The second-order valence-corrected chi connectivity index (χ2v) is 6.53. The predicted molar refractivity (Wildman–Crippen MR) is 103 cm³/mol. The SMILES string of the molecule is Cc1ccc(NC(=S)N[C@@H](CN(C)C)c2ccccc2)cc1C. The molecule has 4 heteroatoms. The number of benzene rings is 2. The molecule has 2 N–H and O–H groups in total. The van der Waals surface area contributed by atoms with Gasteiger partial charge in [-0.1, -0.05) is 36.4 Å². The van der Waals surface area contributed by atoms with Gasteiger partial charge in [0.15, 0.2) is 5.11 Å². The third kappa shape index (κ3) is 5.34. The van der Waals surface area contributed by atoms with Crippen molar-refractivity contribution in [2.45, 2.75) is 19.9 Å². The van der Waals surface area contributed by atoms with Gasteiger partial charge in [-0.15, -0.1) is 0 Å². The molecule has 0 heterocycles. The zero-order valence-electron chi connectivity index (χ0n) is 14.3. The second kappa shape index (κ2) is 8.09. The van der Waals surface area contributed by atoms with Crippen molar-refractivity contribution < 1.29 is 0 Å². The maximum Gasteiger partial charge on any atom is 0.171 e. The molecule has 2 aromatic rings. The van der Waals surface area contributed by atoms with E-state index in [1.165, 1.54) is 16.7 Å². The lowest BCUT2D eigenvalue weighted by molar-refractivity contribution is 0.363. The van der Waals surface area contributed by atoms with E-state index in [1.807, 2.05) is 6.07 Å². The molecule has 0 aliphatic heterocycles. The van der Waals surface area contributed by atoms with E-state index in [4.69, 9.17) is 12.2 Å². The molecule has 2 rings (SSSR count). The fraction of sp³-hybridized carbons (Fsp3) is 0.316. The molecule has 0 unspecified atom stereocenters. The maximum absolute atomic E-state index is 5.50. The maximum atomic E-state index is 5.50. The quantitative estimate of drug-likeness (QED) is 0.815. The molecular weight excluding hydrogens is 302 g/mol. The molecule has 2 aromatic carbocycles. The minimum absolute atomic E-state index is 0.151. The van der Waals surface area contributed by atoms with Gasteiger partial charge >= 0.3 is 0 Å². The highest BCUT2D eigenvalue weighted by Gasteiger charge is 2.13. The summed E-state index contributed by atoms with van der Waals surface area (Å²) in [5.41, 5.74) is 4.78. The summed E-state index contributed by atoms with van der Waals surface area (Å²) in [6, 6.07) is 16.8. The average Bonchev–Trinajstić information content (AvgIpc) is 2.51. The average molecular weight is 327 g/mol. The number of likely N-dealkylation sites (N-methyl/N-ethyl adjacent to an activating group) is 1. The predicted octanol–water partition coefficient (Wildman–Crippen LogP) is 3.89. The summed E-state index contributed by atoms with van der Waals surface area (Å²) in [7, 11) is 4.13. The third-order valence-corrected chi connectivity index (χ3v) is 4.04. The number of hydrogen-bond donors (Lipinski definition) is 2. The lowest BCUT2D eigenvalue weighted by Crippen LogP contribution is -2.37. The first-order chi connectivity index (χ1) is 11.0. The van der Waals surface area contributed by atoms with Crippen LogP contribution in [0.4, 0.5) is 5.69 Å². The van der Waals surface area contributed by atoms with Gasteiger partial charge in [0.25, 0.3) is 0 Å². The number of aryl methyl sites for hydroxylation is 2. The van der Waals surface area contributed by atoms with Gasteiger partial charge in [0.1, 0.15) is 0 Å². The molecule has 0 amide bonds. The Bertz CT molecular complexity index is 653. The number of nitrogens with one attached hydrogen (secondary N) is 2. The van der Waals surface area contributed by atoms with Gasteiger partial charge in [-0.3, -0.25) is 0 Å². The lowest BCUT2D eigenvalue weighted by atomic mass is 10.1. The van der Waals surface area contributed by atoms with Crippen molar-refractivity contribution in [2.75, 3.05) is 26.0 Å². The van der Waals surface area contributed by atoms with Gasteiger partial charge in [-0.2, -0.15) is 0 Å². The van der Waals surface area contributed by atoms with E-state index in [9.17, 15) is 0 Å². The monoisotopic (exact) mass is 327 g/mol. The van der Waals surface area contributed by atoms with E-state index in [-0.39, 0.29) is 6.04 Å². The number of nitrogens with zero attached hydrogens (tertiary/aromatic N) is 1. The first-order valence-corrected chi connectivity index (χ1v) is 8.21. The van der Waals surface area contributed by atoms with Crippen LogP contribution in [0.15, 0.2) is 48.5 Å². The van der Waals surface area contributed by atoms with Gasteiger partial charge in [0.05, 0.1) is 6.04 Å². The molecular formula is C19H25N3S. The van der Waals surface area contributed by atoms with E-state index < -0.39 is 0 Å². The van der Waals surface area contributed by atoms with Crippen molar-refractivity contribution in [1.82, 2.24) is 10.2 Å². The highest BCUT2D eigenvalue weighted by molar-refractivity contribution is 7.80. The fourth-order valence-corrected chi connectivity index (χ4v) is 2.69. The van der Waals surface area contributed by atoms with Crippen LogP contribution >= 0.6 is 12.2 Å². The van der Waals surface area contributed by atoms with Gasteiger partial charge in [-0.05, 0) is 69.0 Å². The largest absolute Gasteiger partial charge is 0.354 e. The van der Waals surface area contributed by atoms with Crippen LogP contribution in [0.1, 0.15) is 22.7 Å². The molecule has 3 nitrogen and oxygen atoms in total. The lowest BCUT2D eigenvalue weighted by Gasteiger charge is -2.24. The zero-order valence-corrected chi connectivity index (χ0v) is 15.1. The van der Waals surface area contributed by atoms with Crippen LogP contribution in [0.3, 0.4) is 0 Å². The van der Waals surface area contributed by atoms with Crippen molar-refractivity contribution in [3.8, 4) is 0 Å². The highest BCUT2D eigenvalue weighted by Crippen LogP contribution is 2.16. The molecule has 0 saturated heterocycles. The van der Waals surface area contributed by atoms with Crippen molar-refractivity contribution in [3.05, 3.63) is 65.2 Å². The topological polar surface area (TPSA) is 27.3 Å². The van der Waals surface area contributed by atoms with Gasteiger partial charge in [0.2, 0.25) is 0 Å². The normalized spacial score (nSPS) is 12.0. The number of thiocarbonyl (C=S) groups is 1. The third-order valence-electron chi connectivity index (χ3n) is 3.82. The van der Waals surface area contributed by atoms with Gasteiger partial charge in [0, 0.05) is 12.2 Å². The van der Waals surface area contributed by atoms with E-state index >= 15 is 0 Å². The summed E-state index contributed by atoms with van der Waals surface area (Å²) in [5, 5.41) is 7.35. The van der Waals surface area contributed by atoms with Crippen LogP contribution in [0.2, 0.25) is 0 Å². The Morgan fingerprint density at radius 2 is 1.74 bits per heavy atom. The van der Waals surface area contributed by atoms with Crippen LogP contribution in [0.5, 0.6) is 0 Å². The minimum atomic E-state index is 0.151. The van der Waals surface area contributed by atoms with Gasteiger partial charge < -0.3 is 15.5 Å². The molecule has 0 radical (unpaired) electrons. The van der Waals surface area contributed by atoms with Crippen LogP contribution in [0.25, 0.3) is 0 Å². The van der Waals surface area contributed by atoms with E-state index in [1.54, 1.807) is 0 Å². The zero-order chi connectivity index (χ0) is 16.8. The molecule has 0 aromatic heterocycles. The second-order valence-electron chi connectivity index (χ2n) is 6.12. The Hall–Kier alpha value is -1.91. The number of rotatable bonds is 5. The molecule has 1 atom stereocenters. The molecule has 0 bridgehead atoms. The molecule has 122 valence electrons. The first-order valence-electron chi connectivity index (χ1n) is 7.80. The fourth-order valence-electron chi connectivity index (χ4n) is 2.43. The number of hydrogen-bond acceptors (Lipinski definition) is 2. The highest BCUT2D eigenvalue weighted by atomic mass is 32.1. The smallest absolute Gasteiger partial charge is 0.171 e. The Labute approximate surface area is 144 Å². The van der Waals surface area contributed by atoms with E-state index in [0.29, 0.717) is 5.11 Å². The van der Waals surface area contributed by atoms with E-state index in [2.05, 4.69) is 85.9 Å². The molecule has 0 fully saturated rings. The molecule has 23 heavy (non-hydrogen) atoms. The van der Waals surface area contributed by atoms with E-state index in [0.717, 1.165) is 12.2 Å². The summed E-state index contributed by atoms with van der Waals surface area (Å²) in [4.78, 5) is 2.16. The number of anilines is 1. The Morgan fingerprint density at radius 1 is 1.04 bits per heavy atom. The van der Waals surface area contributed by atoms with Crippen LogP contribution in [0, 0.1) is 13.8 Å².